The van der Waals surface area contributed by atoms with Crippen molar-refractivity contribution in [1.29, 1.82) is 0 Å². The van der Waals surface area contributed by atoms with Gasteiger partial charge in [-0.1, -0.05) is 0 Å². The van der Waals surface area contributed by atoms with Gasteiger partial charge in [-0.25, -0.2) is 23.1 Å². The number of methoxy groups -OCH3 is 1. The maximum atomic E-state index is 12.4. The van der Waals surface area contributed by atoms with Crippen molar-refractivity contribution in [2.45, 2.75) is 23.5 Å². The zero-order valence-electron chi connectivity index (χ0n) is 13.2. The molecule has 0 radical (unpaired) electrons. The molecule has 2 aromatic rings. The summed E-state index contributed by atoms with van der Waals surface area (Å²) in [6.07, 6.45) is 6.82. The Bertz CT molecular complexity index is 757. The molecular weight excluding hydrogens is 330 g/mol. The van der Waals surface area contributed by atoms with Crippen LogP contribution in [-0.2, 0) is 14.8 Å². The molecule has 1 aliphatic rings. The van der Waals surface area contributed by atoms with Crippen LogP contribution in [0.3, 0.4) is 0 Å². The lowest BCUT2D eigenvalue weighted by Gasteiger charge is -2.25. The Morgan fingerprint density at radius 2 is 2.00 bits per heavy atom. The fourth-order valence-electron chi connectivity index (χ4n) is 2.78. The second-order valence-corrected chi connectivity index (χ2v) is 7.27. The van der Waals surface area contributed by atoms with Crippen molar-refractivity contribution in [1.82, 2.24) is 19.7 Å². The maximum Gasteiger partial charge on any atom is 0.240 e. The summed E-state index contributed by atoms with van der Waals surface area (Å²) in [6, 6.07) is 4.71. The first-order valence-corrected chi connectivity index (χ1v) is 9.03. The first-order valence-electron chi connectivity index (χ1n) is 7.55. The van der Waals surface area contributed by atoms with E-state index in [1.807, 2.05) is 11.0 Å². The third kappa shape index (κ3) is 3.69. The molecule has 0 bridgehead atoms. The van der Waals surface area contributed by atoms with Crippen LogP contribution in [0.5, 0.6) is 0 Å². The summed E-state index contributed by atoms with van der Waals surface area (Å²) in [7, 11) is -1.91. The third-order valence-corrected chi connectivity index (χ3v) is 5.48. The van der Waals surface area contributed by atoms with Crippen molar-refractivity contribution in [3.8, 4) is 0 Å². The van der Waals surface area contributed by atoms with Crippen LogP contribution in [-0.4, -0.2) is 55.7 Å². The highest BCUT2D eigenvalue weighted by Gasteiger charge is 2.33. The van der Waals surface area contributed by atoms with Gasteiger partial charge in [0.15, 0.2) is 0 Å². The molecule has 24 heavy (non-hydrogen) atoms. The fourth-order valence-corrected chi connectivity index (χ4v) is 3.84. The van der Waals surface area contributed by atoms with E-state index < -0.39 is 10.0 Å². The van der Waals surface area contributed by atoms with Gasteiger partial charge in [0, 0.05) is 44.8 Å². The van der Waals surface area contributed by atoms with E-state index in [4.69, 9.17) is 4.74 Å². The monoisotopic (exact) mass is 349 g/mol. The molecule has 2 aromatic heterocycles. The summed E-state index contributed by atoms with van der Waals surface area (Å²) in [5.41, 5.74) is 0. The van der Waals surface area contributed by atoms with Crippen LogP contribution in [0, 0.1) is 0 Å². The summed E-state index contributed by atoms with van der Waals surface area (Å²) in [4.78, 5) is 14.3. The molecule has 0 saturated carbocycles. The summed E-state index contributed by atoms with van der Waals surface area (Å²) in [6.45, 7) is 0.934. The molecule has 1 N–H and O–H groups in total. The largest absolute Gasteiger partial charge is 0.380 e. The van der Waals surface area contributed by atoms with Crippen LogP contribution in [0.2, 0.25) is 0 Å². The van der Waals surface area contributed by atoms with E-state index >= 15 is 0 Å². The molecule has 9 heteroatoms. The van der Waals surface area contributed by atoms with Gasteiger partial charge >= 0.3 is 0 Å². The van der Waals surface area contributed by atoms with Crippen LogP contribution < -0.4 is 9.62 Å². The average molecular weight is 349 g/mol. The molecule has 8 nitrogen and oxygen atoms in total. The summed E-state index contributed by atoms with van der Waals surface area (Å²) >= 11 is 0. The number of nitrogens with zero attached hydrogens (tertiary/aromatic N) is 4. The number of sulfonamides is 1. The van der Waals surface area contributed by atoms with E-state index in [1.165, 1.54) is 30.9 Å². The van der Waals surface area contributed by atoms with Crippen molar-refractivity contribution >= 4 is 15.8 Å². The minimum Gasteiger partial charge on any atom is -0.380 e. The summed E-state index contributed by atoms with van der Waals surface area (Å²) < 4.78 is 32.8. The number of ether oxygens (including phenoxy) is 1. The summed E-state index contributed by atoms with van der Waals surface area (Å²) in [5, 5.41) is 0. The molecular formula is C15H19N5O3S. The second-order valence-electron chi connectivity index (χ2n) is 5.50. The number of nitrogens with one attached hydrogen (secondary N) is 1. The predicted octanol–water partition coefficient (Wildman–Crippen LogP) is 0.444. The van der Waals surface area contributed by atoms with Gasteiger partial charge in [0.05, 0.1) is 11.0 Å². The predicted molar refractivity (Wildman–Crippen MR) is 88.0 cm³/mol. The summed E-state index contributed by atoms with van der Waals surface area (Å²) in [5.74, 6) is 0.762. The molecule has 1 fully saturated rings. The Kier molecular flexibility index (Phi) is 5.03. The van der Waals surface area contributed by atoms with E-state index in [-0.39, 0.29) is 23.6 Å². The quantitative estimate of drug-likeness (QED) is 0.808. The van der Waals surface area contributed by atoms with Crippen LogP contribution >= 0.6 is 0 Å². The minimum absolute atomic E-state index is 0.0374. The highest BCUT2D eigenvalue weighted by atomic mass is 32.2. The van der Waals surface area contributed by atoms with Gasteiger partial charge in [-0.05, 0) is 24.6 Å². The molecule has 1 aliphatic heterocycles. The highest BCUT2D eigenvalue weighted by molar-refractivity contribution is 7.89. The smallest absolute Gasteiger partial charge is 0.240 e. The van der Waals surface area contributed by atoms with E-state index in [0.717, 1.165) is 12.2 Å². The highest BCUT2D eigenvalue weighted by Crippen LogP contribution is 2.25. The van der Waals surface area contributed by atoms with Gasteiger partial charge in [0.25, 0.3) is 0 Å². The molecule has 0 aliphatic carbocycles. The van der Waals surface area contributed by atoms with Crippen LogP contribution in [0.15, 0.2) is 48.0 Å². The maximum absolute atomic E-state index is 12.4. The Morgan fingerprint density at radius 1 is 1.25 bits per heavy atom. The number of hydrogen-bond acceptors (Lipinski definition) is 7. The van der Waals surface area contributed by atoms with Crippen molar-refractivity contribution in [3.63, 3.8) is 0 Å². The Hall–Kier alpha value is -2.10. The number of rotatable bonds is 6. The standard InChI is InChI=1S/C15H19N5O3S/c1-23-13-8-12(20(10-13)15-4-7-17-11-18-15)9-19-24(21,22)14-2-5-16-6-3-14/h2-7,11-13,19H,8-10H2,1H3/t12-,13-/m1/s1. The van der Waals surface area contributed by atoms with Gasteiger partial charge in [0.1, 0.15) is 12.1 Å². The molecule has 128 valence electrons. The number of pyridine rings is 1. The Labute approximate surface area is 141 Å². The van der Waals surface area contributed by atoms with Crippen molar-refractivity contribution in [2.24, 2.45) is 0 Å². The molecule has 1 saturated heterocycles. The van der Waals surface area contributed by atoms with Crippen LogP contribution in [0.4, 0.5) is 5.82 Å². The number of aromatic nitrogens is 3. The van der Waals surface area contributed by atoms with Crippen molar-refractivity contribution in [2.75, 3.05) is 25.1 Å². The molecule has 0 unspecified atom stereocenters. The minimum atomic E-state index is -3.57. The van der Waals surface area contributed by atoms with Gasteiger partial charge in [-0.3, -0.25) is 4.98 Å². The average Bonchev–Trinajstić information content (AvgIpc) is 3.05. The lowest BCUT2D eigenvalue weighted by molar-refractivity contribution is 0.118. The van der Waals surface area contributed by atoms with Gasteiger partial charge in [-0.2, -0.15) is 0 Å². The van der Waals surface area contributed by atoms with E-state index in [1.54, 1.807) is 13.3 Å². The SMILES string of the molecule is CO[C@@H]1C[C@H](CNS(=O)(=O)c2ccncc2)N(c2ccncn2)C1. The van der Waals surface area contributed by atoms with Crippen LogP contribution in [0.25, 0.3) is 0 Å². The fraction of sp³-hybridized carbons (Fsp3) is 0.400. The number of anilines is 1. The zero-order chi connectivity index (χ0) is 17.0. The number of hydrogen-bond donors (Lipinski definition) is 1. The van der Waals surface area contributed by atoms with Crippen LogP contribution in [0.1, 0.15) is 6.42 Å². The molecule has 3 rings (SSSR count). The Morgan fingerprint density at radius 3 is 2.67 bits per heavy atom. The first-order chi connectivity index (χ1) is 11.6. The molecule has 3 heterocycles. The molecule has 2 atom stereocenters. The lowest BCUT2D eigenvalue weighted by Crippen LogP contribution is -2.40. The Balaban J connectivity index is 1.73. The van der Waals surface area contributed by atoms with E-state index in [9.17, 15) is 8.42 Å². The van der Waals surface area contributed by atoms with Crippen molar-refractivity contribution < 1.29 is 13.2 Å². The normalized spacial score (nSPS) is 21.1. The second kappa shape index (κ2) is 7.20. The molecule has 0 aromatic carbocycles. The first kappa shape index (κ1) is 16.7. The molecule has 0 amide bonds. The van der Waals surface area contributed by atoms with E-state index in [2.05, 4.69) is 19.7 Å². The third-order valence-electron chi connectivity index (χ3n) is 4.04. The zero-order valence-corrected chi connectivity index (χ0v) is 14.1. The lowest BCUT2D eigenvalue weighted by atomic mass is 10.2. The topological polar surface area (TPSA) is 97.3 Å². The van der Waals surface area contributed by atoms with E-state index in [0.29, 0.717) is 6.54 Å². The van der Waals surface area contributed by atoms with Crippen molar-refractivity contribution in [3.05, 3.63) is 43.1 Å². The molecule has 0 spiro atoms. The van der Waals surface area contributed by atoms with Gasteiger partial charge in [-0.15, -0.1) is 0 Å². The van der Waals surface area contributed by atoms with Gasteiger partial charge in [0.2, 0.25) is 10.0 Å². The van der Waals surface area contributed by atoms with Gasteiger partial charge < -0.3 is 9.64 Å².